The predicted molar refractivity (Wildman–Crippen MR) is 156 cm³/mol. The van der Waals surface area contributed by atoms with Gasteiger partial charge in [0.2, 0.25) is 0 Å². The van der Waals surface area contributed by atoms with Gasteiger partial charge < -0.3 is 8.97 Å². The van der Waals surface area contributed by atoms with E-state index in [9.17, 15) is 9.59 Å². The molecule has 0 radical (unpaired) electrons. The number of carbonyl (C=O) groups excluding carboxylic acids is 2. The first-order valence-electron chi connectivity index (χ1n) is 12.9. The van der Waals surface area contributed by atoms with Crippen molar-refractivity contribution >= 4 is 42.1 Å². The number of methoxy groups -OCH3 is 1. The number of benzene rings is 3. The summed E-state index contributed by atoms with van der Waals surface area (Å²) in [6.45, 7) is 11.7. The van der Waals surface area contributed by atoms with E-state index in [-0.39, 0.29) is 23.4 Å². The Labute approximate surface area is 225 Å². The summed E-state index contributed by atoms with van der Waals surface area (Å²) in [5, 5.41) is 0.974. The second-order valence-electron chi connectivity index (χ2n) is 11.4. The third-order valence-electron chi connectivity index (χ3n) is 8.13. The lowest BCUT2D eigenvalue weighted by Crippen LogP contribution is -2.44. The molecule has 1 aliphatic heterocycles. The summed E-state index contributed by atoms with van der Waals surface area (Å²) in [4.78, 5) is 29.5. The Kier molecular flexibility index (Phi) is 6.39. The molecule has 0 aliphatic carbocycles. The molecule has 4 aromatic rings. The number of aromatic nitrogens is 1. The lowest BCUT2D eigenvalue weighted by atomic mass is 9.96. The van der Waals surface area contributed by atoms with Crippen LogP contribution in [0.15, 0.2) is 85.1 Å². The molecular weight excluding hydrogens is 488 g/mol. The first-order valence-corrected chi connectivity index (χ1v) is 15.9. The van der Waals surface area contributed by atoms with Crippen LogP contribution < -0.4 is 4.74 Å². The van der Waals surface area contributed by atoms with Crippen LogP contribution in [0.1, 0.15) is 37.5 Å². The van der Waals surface area contributed by atoms with Crippen LogP contribution in [0.25, 0.3) is 22.0 Å². The Bertz CT molecular complexity index is 1560. The molecule has 194 valence electrons. The number of hydrogen-bond donors (Lipinski definition) is 0. The van der Waals surface area contributed by atoms with E-state index in [2.05, 4.69) is 50.4 Å². The third kappa shape index (κ3) is 4.19. The molecular formula is C32H34N2O3Si. The smallest absolute Gasteiger partial charge is 0.262 e. The normalized spacial score (nSPS) is 14.6. The molecule has 1 aromatic heterocycles. The van der Waals surface area contributed by atoms with Gasteiger partial charge in [-0.2, -0.15) is 0 Å². The van der Waals surface area contributed by atoms with Gasteiger partial charge in [-0.25, -0.2) is 0 Å². The Morgan fingerprint density at radius 1 is 0.816 bits per heavy atom. The molecule has 3 aromatic carbocycles. The summed E-state index contributed by atoms with van der Waals surface area (Å²) < 4.78 is 7.96. The highest BCUT2D eigenvalue weighted by Crippen LogP contribution is 2.44. The van der Waals surface area contributed by atoms with Crippen LogP contribution in [0.2, 0.25) is 18.1 Å². The van der Waals surface area contributed by atoms with Crippen molar-refractivity contribution in [2.24, 2.45) is 0 Å². The number of fused-ring (bicyclic) bond motifs is 1. The van der Waals surface area contributed by atoms with Crippen molar-refractivity contribution in [3.05, 3.63) is 102 Å². The van der Waals surface area contributed by atoms with Crippen molar-refractivity contribution in [2.75, 3.05) is 7.11 Å². The summed E-state index contributed by atoms with van der Waals surface area (Å²) in [7, 11) is -0.433. The second-order valence-corrected chi connectivity index (χ2v) is 16.5. The van der Waals surface area contributed by atoms with Gasteiger partial charge in [-0.1, -0.05) is 94.5 Å². The van der Waals surface area contributed by atoms with Crippen molar-refractivity contribution in [3.63, 3.8) is 0 Å². The molecule has 2 amide bonds. The molecule has 5 rings (SSSR count). The molecule has 0 atom stereocenters. The zero-order valence-corrected chi connectivity index (χ0v) is 23.9. The minimum Gasteiger partial charge on any atom is -0.497 e. The van der Waals surface area contributed by atoms with E-state index in [0.29, 0.717) is 16.9 Å². The number of carbonyl (C=O) groups is 2. The van der Waals surface area contributed by atoms with Gasteiger partial charge in [-0.05, 0) is 34.4 Å². The minimum atomic E-state index is -2.08. The van der Waals surface area contributed by atoms with Crippen LogP contribution >= 0.6 is 0 Å². The molecule has 0 fully saturated rings. The molecule has 6 heteroatoms. The van der Waals surface area contributed by atoms with Crippen molar-refractivity contribution < 1.29 is 14.3 Å². The van der Waals surface area contributed by atoms with Crippen LogP contribution in [0.5, 0.6) is 5.75 Å². The van der Waals surface area contributed by atoms with Gasteiger partial charge in [-0.3, -0.25) is 14.5 Å². The first-order chi connectivity index (χ1) is 18.0. The lowest BCUT2D eigenvalue weighted by Gasteiger charge is -2.38. The SMILES string of the molecule is COc1ccc2c(c1)c(C1=C(c3ccccc3)C(=O)N(Cc3ccccc3)C1=O)cn2[Si](C)(C)C(C)(C)C. The van der Waals surface area contributed by atoms with Gasteiger partial charge in [0.1, 0.15) is 5.75 Å². The van der Waals surface area contributed by atoms with E-state index in [0.717, 1.165) is 27.6 Å². The molecule has 2 heterocycles. The van der Waals surface area contributed by atoms with Crippen molar-refractivity contribution in [3.8, 4) is 5.75 Å². The Morgan fingerprint density at radius 2 is 1.42 bits per heavy atom. The van der Waals surface area contributed by atoms with E-state index >= 15 is 0 Å². The van der Waals surface area contributed by atoms with Gasteiger partial charge >= 0.3 is 0 Å². The average molecular weight is 523 g/mol. The van der Waals surface area contributed by atoms with Crippen molar-refractivity contribution in [2.45, 2.75) is 45.4 Å². The van der Waals surface area contributed by atoms with E-state index in [1.165, 1.54) is 4.90 Å². The van der Waals surface area contributed by atoms with Gasteiger partial charge in [-0.15, -0.1) is 0 Å². The monoisotopic (exact) mass is 522 g/mol. The predicted octanol–water partition coefficient (Wildman–Crippen LogP) is 6.98. The average Bonchev–Trinajstić information content (AvgIpc) is 3.39. The third-order valence-corrected chi connectivity index (χ3v) is 13.4. The molecule has 5 nitrogen and oxygen atoms in total. The van der Waals surface area contributed by atoms with E-state index in [1.54, 1.807) is 7.11 Å². The Hall–Kier alpha value is -3.90. The van der Waals surface area contributed by atoms with E-state index in [1.807, 2.05) is 72.8 Å². The molecule has 0 unspecified atom stereocenters. The topological polar surface area (TPSA) is 51.5 Å². The number of ether oxygens (including phenoxy) is 1. The maximum Gasteiger partial charge on any atom is 0.262 e. The number of nitrogens with zero attached hydrogens (tertiary/aromatic N) is 2. The fraction of sp³-hybridized carbons (Fsp3) is 0.250. The van der Waals surface area contributed by atoms with Crippen molar-refractivity contribution in [1.29, 1.82) is 0 Å². The lowest BCUT2D eigenvalue weighted by molar-refractivity contribution is -0.136. The summed E-state index contributed by atoms with van der Waals surface area (Å²) in [5.41, 5.74) is 4.38. The maximum atomic E-state index is 14.2. The summed E-state index contributed by atoms with van der Waals surface area (Å²) in [5.74, 6) is 0.178. The standard InChI is InChI=1S/C32H34N2O3Si/c1-32(2,3)38(5,6)34-21-26(25-19-24(37-4)17-18-27(25)34)29-28(23-15-11-8-12-16-23)30(35)33(31(29)36)20-22-13-9-7-10-14-22/h7-19,21H,20H2,1-6H3. The molecule has 38 heavy (non-hydrogen) atoms. The van der Waals surface area contributed by atoms with Crippen LogP contribution in [-0.4, -0.2) is 36.3 Å². The van der Waals surface area contributed by atoms with Gasteiger partial charge in [0.15, 0.2) is 8.24 Å². The number of rotatable bonds is 6. The summed E-state index contributed by atoms with van der Waals surface area (Å²) in [6.07, 6.45) is 2.11. The van der Waals surface area contributed by atoms with E-state index < -0.39 is 8.24 Å². The van der Waals surface area contributed by atoms with E-state index in [4.69, 9.17) is 4.74 Å². The fourth-order valence-electron chi connectivity index (χ4n) is 4.97. The van der Waals surface area contributed by atoms with Crippen LogP contribution in [0.3, 0.4) is 0 Å². The zero-order chi connectivity index (χ0) is 27.2. The van der Waals surface area contributed by atoms with Crippen LogP contribution in [0.4, 0.5) is 0 Å². The summed E-state index contributed by atoms with van der Waals surface area (Å²) in [6, 6.07) is 25.2. The quantitative estimate of drug-likeness (QED) is 0.203. The molecule has 1 aliphatic rings. The number of imide groups is 1. The number of amides is 2. The number of hydrogen-bond acceptors (Lipinski definition) is 3. The van der Waals surface area contributed by atoms with Crippen LogP contribution in [0, 0.1) is 0 Å². The highest BCUT2D eigenvalue weighted by atomic mass is 28.3. The molecule has 0 N–H and O–H groups in total. The Balaban J connectivity index is 1.78. The maximum absolute atomic E-state index is 14.2. The summed E-state index contributed by atoms with van der Waals surface area (Å²) >= 11 is 0. The Morgan fingerprint density at radius 3 is 2.03 bits per heavy atom. The second kappa shape index (κ2) is 9.44. The first kappa shape index (κ1) is 25.7. The van der Waals surface area contributed by atoms with Gasteiger partial charge in [0.25, 0.3) is 11.8 Å². The molecule has 0 saturated heterocycles. The highest BCUT2D eigenvalue weighted by Gasteiger charge is 2.43. The zero-order valence-electron chi connectivity index (χ0n) is 22.9. The van der Waals surface area contributed by atoms with Gasteiger partial charge in [0, 0.05) is 22.7 Å². The highest BCUT2D eigenvalue weighted by molar-refractivity contribution is 6.79. The van der Waals surface area contributed by atoms with Crippen molar-refractivity contribution in [1.82, 2.24) is 9.13 Å². The fourth-order valence-corrected chi connectivity index (χ4v) is 6.94. The van der Waals surface area contributed by atoms with Gasteiger partial charge in [0.05, 0.1) is 24.8 Å². The molecule has 0 saturated carbocycles. The molecule has 0 spiro atoms. The largest absolute Gasteiger partial charge is 0.497 e. The molecule has 0 bridgehead atoms. The van der Waals surface area contributed by atoms with Crippen LogP contribution in [-0.2, 0) is 16.1 Å². The minimum absolute atomic E-state index is 0.0572.